The van der Waals surface area contributed by atoms with Gasteiger partial charge in [0.25, 0.3) is 5.56 Å². The standard InChI is InChI=1S/C20H20BrN3O3/c1-24(13-18-22-17-6-3-2-5-16(17)20(26)23-18)19(25)7-4-12-27-15-10-8-14(21)9-11-15/h2-3,5-6,8-11H,4,7,12-13H2,1H3,(H,22,23,26). The summed E-state index contributed by atoms with van der Waals surface area (Å²) in [6.45, 7) is 0.721. The van der Waals surface area contributed by atoms with Crippen molar-refractivity contribution in [2.24, 2.45) is 0 Å². The summed E-state index contributed by atoms with van der Waals surface area (Å²) in [7, 11) is 1.70. The number of amides is 1. The summed E-state index contributed by atoms with van der Waals surface area (Å²) in [5.74, 6) is 1.22. The van der Waals surface area contributed by atoms with Crippen LogP contribution in [0.5, 0.6) is 5.75 Å². The molecule has 0 atom stereocenters. The molecule has 1 N–H and O–H groups in total. The third-order valence-electron chi connectivity index (χ3n) is 4.09. The van der Waals surface area contributed by atoms with E-state index in [1.54, 1.807) is 30.1 Å². The number of ether oxygens (including phenoxy) is 1. The van der Waals surface area contributed by atoms with Gasteiger partial charge in [-0.3, -0.25) is 9.59 Å². The van der Waals surface area contributed by atoms with Gasteiger partial charge in [0.15, 0.2) is 0 Å². The van der Waals surface area contributed by atoms with E-state index in [4.69, 9.17) is 4.74 Å². The Morgan fingerprint density at radius 1 is 1.19 bits per heavy atom. The van der Waals surface area contributed by atoms with E-state index >= 15 is 0 Å². The first-order valence-corrected chi connectivity index (χ1v) is 9.42. The molecule has 140 valence electrons. The molecule has 6 nitrogen and oxygen atoms in total. The van der Waals surface area contributed by atoms with E-state index < -0.39 is 0 Å². The summed E-state index contributed by atoms with van der Waals surface area (Å²) < 4.78 is 6.61. The van der Waals surface area contributed by atoms with E-state index in [1.807, 2.05) is 30.3 Å². The Kier molecular flexibility index (Phi) is 6.24. The number of rotatable bonds is 7. The average molecular weight is 430 g/mol. The molecule has 0 saturated carbocycles. The molecule has 0 radical (unpaired) electrons. The van der Waals surface area contributed by atoms with E-state index in [9.17, 15) is 9.59 Å². The predicted molar refractivity (Wildman–Crippen MR) is 108 cm³/mol. The van der Waals surface area contributed by atoms with Gasteiger partial charge in [-0.1, -0.05) is 28.1 Å². The van der Waals surface area contributed by atoms with Gasteiger partial charge >= 0.3 is 0 Å². The molecule has 0 aliphatic rings. The first-order chi connectivity index (χ1) is 13.0. The molecule has 7 heteroatoms. The average Bonchev–Trinajstić information content (AvgIpc) is 2.66. The highest BCUT2D eigenvalue weighted by atomic mass is 79.9. The maximum absolute atomic E-state index is 12.3. The molecular formula is C20H20BrN3O3. The molecule has 0 aliphatic carbocycles. The van der Waals surface area contributed by atoms with Gasteiger partial charge in [0.2, 0.25) is 5.91 Å². The van der Waals surface area contributed by atoms with E-state index in [0.717, 1.165) is 10.2 Å². The van der Waals surface area contributed by atoms with E-state index in [1.165, 1.54) is 0 Å². The van der Waals surface area contributed by atoms with Gasteiger partial charge in [-0.2, -0.15) is 0 Å². The number of hydrogen-bond donors (Lipinski definition) is 1. The number of nitrogens with zero attached hydrogens (tertiary/aromatic N) is 2. The van der Waals surface area contributed by atoms with Crippen LogP contribution in [0.1, 0.15) is 18.7 Å². The molecule has 0 saturated heterocycles. The van der Waals surface area contributed by atoms with Gasteiger partial charge < -0.3 is 14.6 Å². The zero-order valence-electron chi connectivity index (χ0n) is 14.9. The van der Waals surface area contributed by atoms with Gasteiger partial charge in [0.1, 0.15) is 11.6 Å². The van der Waals surface area contributed by atoms with Gasteiger partial charge in [-0.05, 0) is 42.8 Å². The molecule has 0 unspecified atom stereocenters. The van der Waals surface area contributed by atoms with Crippen LogP contribution in [-0.2, 0) is 11.3 Å². The van der Waals surface area contributed by atoms with Crippen molar-refractivity contribution in [2.75, 3.05) is 13.7 Å². The maximum atomic E-state index is 12.3. The van der Waals surface area contributed by atoms with Crippen molar-refractivity contribution in [3.8, 4) is 5.75 Å². The lowest BCUT2D eigenvalue weighted by molar-refractivity contribution is -0.130. The smallest absolute Gasteiger partial charge is 0.258 e. The second-order valence-electron chi connectivity index (χ2n) is 6.19. The Labute approximate surface area is 165 Å². The van der Waals surface area contributed by atoms with Crippen LogP contribution < -0.4 is 10.3 Å². The van der Waals surface area contributed by atoms with Crippen molar-refractivity contribution in [1.29, 1.82) is 0 Å². The Morgan fingerprint density at radius 3 is 2.70 bits per heavy atom. The fraction of sp³-hybridized carbons (Fsp3) is 0.250. The van der Waals surface area contributed by atoms with Crippen LogP contribution >= 0.6 is 15.9 Å². The second-order valence-corrected chi connectivity index (χ2v) is 7.10. The minimum Gasteiger partial charge on any atom is -0.494 e. The molecule has 1 amide bonds. The molecule has 1 heterocycles. The molecule has 0 fully saturated rings. The van der Waals surface area contributed by atoms with Crippen molar-refractivity contribution in [3.63, 3.8) is 0 Å². The molecule has 27 heavy (non-hydrogen) atoms. The van der Waals surface area contributed by atoms with Gasteiger partial charge in [-0.25, -0.2) is 4.98 Å². The minimum atomic E-state index is -0.195. The Balaban J connectivity index is 1.50. The molecule has 3 rings (SSSR count). The number of carbonyl (C=O) groups excluding carboxylic acids is 1. The summed E-state index contributed by atoms with van der Waals surface area (Å²) >= 11 is 3.37. The minimum absolute atomic E-state index is 0.0230. The number of benzene rings is 2. The summed E-state index contributed by atoms with van der Waals surface area (Å²) in [6.07, 6.45) is 0.978. The number of H-pyrrole nitrogens is 1. The monoisotopic (exact) mass is 429 g/mol. The number of fused-ring (bicyclic) bond motifs is 1. The quantitative estimate of drug-likeness (QED) is 0.583. The third kappa shape index (κ3) is 5.17. The van der Waals surface area contributed by atoms with Crippen molar-refractivity contribution in [1.82, 2.24) is 14.9 Å². The zero-order chi connectivity index (χ0) is 19.2. The van der Waals surface area contributed by atoms with E-state index in [-0.39, 0.29) is 18.0 Å². The third-order valence-corrected chi connectivity index (χ3v) is 4.62. The summed E-state index contributed by atoms with van der Waals surface area (Å²) in [5.41, 5.74) is 0.430. The Hall–Kier alpha value is -2.67. The van der Waals surface area contributed by atoms with Crippen LogP contribution in [0.25, 0.3) is 10.9 Å². The fourth-order valence-electron chi connectivity index (χ4n) is 2.66. The number of carbonyl (C=O) groups is 1. The van der Waals surface area contributed by atoms with Crippen LogP contribution in [0.3, 0.4) is 0 Å². The lowest BCUT2D eigenvalue weighted by atomic mass is 10.2. The van der Waals surface area contributed by atoms with Crippen LogP contribution in [0.15, 0.2) is 57.8 Å². The highest BCUT2D eigenvalue weighted by molar-refractivity contribution is 9.10. The lowest BCUT2D eigenvalue weighted by Gasteiger charge is -2.17. The van der Waals surface area contributed by atoms with Crippen LogP contribution in [-0.4, -0.2) is 34.4 Å². The summed E-state index contributed by atoms with van der Waals surface area (Å²) in [6, 6.07) is 14.7. The van der Waals surface area contributed by atoms with Crippen LogP contribution in [0.2, 0.25) is 0 Å². The largest absolute Gasteiger partial charge is 0.494 e. The zero-order valence-corrected chi connectivity index (χ0v) is 16.5. The molecule has 0 aliphatic heterocycles. The Bertz CT molecular complexity index is 986. The molecular weight excluding hydrogens is 410 g/mol. The molecule has 1 aromatic heterocycles. The number of aromatic nitrogens is 2. The van der Waals surface area contributed by atoms with Crippen LogP contribution in [0, 0.1) is 0 Å². The van der Waals surface area contributed by atoms with E-state index in [0.29, 0.717) is 36.2 Å². The number of para-hydroxylation sites is 1. The van der Waals surface area contributed by atoms with Gasteiger partial charge in [0.05, 0.1) is 24.1 Å². The topological polar surface area (TPSA) is 75.3 Å². The van der Waals surface area contributed by atoms with Crippen molar-refractivity contribution >= 4 is 32.7 Å². The summed E-state index contributed by atoms with van der Waals surface area (Å²) in [4.78, 5) is 33.1. The highest BCUT2D eigenvalue weighted by Crippen LogP contribution is 2.16. The normalized spacial score (nSPS) is 10.7. The van der Waals surface area contributed by atoms with Gasteiger partial charge in [0, 0.05) is 17.9 Å². The highest BCUT2D eigenvalue weighted by Gasteiger charge is 2.11. The first kappa shape index (κ1) is 19.1. The first-order valence-electron chi connectivity index (χ1n) is 8.63. The lowest BCUT2D eigenvalue weighted by Crippen LogP contribution is -2.28. The van der Waals surface area contributed by atoms with Crippen LogP contribution in [0.4, 0.5) is 0 Å². The predicted octanol–water partition coefficient (Wildman–Crippen LogP) is 3.50. The molecule has 0 bridgehead atoms. The molecule has 2 aromatic carbocycles. The number of aromatic amines is 1. The Morgan fingerprint density at radius 2 is 1.93 bits per heavy atom. The SMILES string of the molecule is CN(Cc1nc2ccccc2c(=O)[nH]1)C(=O)CCCOc1ccc(Br)cc1. The van der Waals surface area contributed by atoms with E-state index in [2.05, 4.69) is 25.9 Å². The second kappa shape index (κ2) is 8.81. The number of nitrogens with one attached hydrogen (secondary N) is 1. The maximum Gasteiger partial charge on any atom is 0.258 e. The van der Waals surface area contributed by atoms with Crippen molar-refractivity contribution in [3.05, 3.63) is 69.2 Å². The number of hydrogen-bond acceptors (Lipinski definition) is 4. The van der Waals surface area contributed by atoms with Gasteiger partial charge in [-0.15, -0.1) is 0 Å². The van der Waals surface area contributed by atoms with Crippen molar-refractivity contribution < 1.29 is 9.53 Å². The molecule has 0 spiro atoms. The number of halogens is 1. The summed E-state index contributed by atoms with van der Waals surface area (Å²) in [5, 5.41) is 0.542. The fourth-order valence-corrected chi connectivity index (χ4v) is 2.92. The molecule has 3 aromatic rings. The van der Waals surface area contributed by atoms with Crippen molar-refractivity contribution in [2.45, 2.75) is 19.4 Å².